The molecule has 34 heavy (non-hydrogen) atoms. The van der Waals surface area contributed by atoms with E-state index in [2.05, 4.69) is 67.8 Å². The van der Waals surface area contributed by atoms with Crippen LogP contribution < -0.4 is 4.74 Å². The van der Waals surface area contributed by atoms with E-state index in [9.17, 15) is 13.2 Å². The highest BCUT2D eigenvalue weighted by atomic mass is 127. The third kappa shape index (κ3) is 4.31. The molecule has 4 nitrogen and oxygen atoms in total. The van der Waals surface area contributed by atoms with E-state index in [-0.39, 0.29) is 0 Å². The van der Waals surface area contributed by atoms with Crippen LogP contribution in [0.4, 0.5) is 0 Å². The fraction of sp³-hybridized carbons (Fsp3) is 0. The molecule has 0 atom stereocenters. The molecule has 0 bridgehead atoms. The summed E-state index contributed by atoms with van der Waals surface area (Å²) in [5.74, 6) is 0.0379. The van der Waals surface area contributed by atoms with Crippen LogP contribution in [0.25, 0.3) is 0 Å². The molecule has 170 valence electrons. The third-order valence-corrected chi connectivity index (χ3v) is 13.6. The summed E-state index contributed by atoms with van der Waals surface area (Å²) in [6.45, 7) is 0. The van der Waals surface area contributed by atoms with Gasteiger partial charge in [-0.15, -0.1) is 0 Å². The Morgan fingerprint density at radius 1 is 0.706 bits per heavy atom. The monoisotopic (exact) mass is 823 g/mol. The van der Waals surface area contributed by atoms with Crippen LogP contribution in [0, 0.1) is 10.7 Å². The first-order valence-electron chi connectivity index (χ1n) is 9.92. The second kappa shape index (κ2) is 9.71. The first kappa shape index (κ1) is 24.5. The van der Waals surface area contributed by atoms with E-state index < -0.39 is 26.7 Å². The highest BCUT2D eigenvalue weighted by molar-refractivity contribution is 14.1. The van der Waals surface area contributed by atoms with E-state index in [1.807, 2.05) is 48.5 Å². The van der Waals surface area contributed by atoms with Crippen molar-refractivity contribution in [2.45, 2.75) is 24.5 Å². The van der Waals surface area contributed by atoms with Gasteiger partial charge in [0.15, 0.2) is 14.7 Å². The lowest BCUT2D eigenvalue weighted by atomic mass is 10.2. The molecule has 0 aromatic heterocycles. The maximum Gasteiger partial charge on any atom is 0.345 e. The van der Waals surface area contributed by atoms with Crippen molar-refractivity contribution in [2.24, 2.45) is 0 Å². The first-order chi connectivity index (χ1) is 16.3. The van der Waals surface area contributed by atoms with E-state index in [1.54, 1.807) is 36.4 Å². The van der Waals surface area contributed by atoms with Crippen molar-refractivity contribution in [2.75, 3.05) is 0 Å². The predicted octanol–water partition coefficient (Wildman–Crippen LogP) is 6.96. The van der Waals surface area contributed by atoms with Crippen molar-refractivity contribution in [1.29, 1.82) is 0 Å². The van der Waals surface area contributed by atoms with Crippen molar-refractivity contribution >= 4 is 94.5 Å². The van der Waals surface area contributed by atoms with Crippen molar-refractivity contribution in [3.8, 4) is 5.75 Å². The summed E-state index contributed by atoms with van der Waals surface area (Å²) in [4.78, 5) is 16.1. The molecule has 0 unspecified atom stereocenters. The zero-order chi connectivity index (χ0) is 24.0. The Morgan fingerprint density at radius 3 is 1.82 bits per heavy atom. The van der Waals surface area contributed by atoms with Crippen molar-refractivity contribution in [3.05, 3.63) is 101 Å². The molecule has 5 rings (SSSR count). The normalized spacial score (nSPS) is 14.2. The Labute approximate surface area is 241 Å². The van der Waals surface area contributed by atoms with Crippen LogP contribution in [-0.4, -0.2) is 14.4 Å². The van der Waals surface area contributed by atoms with E-state index in [4.69, 9.17) is 4.74 Å². The largest absolute Gasteiger partial charge is 0.423 e. The molecule has 0 saturated heterocycles. The fourth-order valence-corrected chi connectivity index (χ4v) is 10.7. The van der Waals surface area contributed by atoms with Gasteiger partial charge in [0, 0.05) is 10.7 Å². The molecule has 4 aromatic carbocycles. The summed E-state index contributed by atoms with van der Waals surface area (Å²) in [6, 6.07) is 25.5. The van der Waals surface area contributed by atoms with Crippen molar-refractivity contribution in [1.82, 2.24) is 0 Å². The van der Waals surface area contributed by atoms with E-state index >= 15 is 0 Å². The number of hydrogen-bond donors (Lipinski definition) is 0. The number of carbonyl (C=O) groups is 1. The van der Waals surface area contributed by atoms with Crippen LogP contribution in [0.1, 0.15) is 10.4 Å². The molecule has 0 N–H and O–H groups in total. The minimum Gasteiger partial charge on any atom is -0.423 e. The van der Waals surface area contributed by atoms with Gasteiger partial charge >= 0.3 is 5.97 Å². The molecule has 0 amide bonds. The number of esters is 1. The summed E-state index contributed by atoms with van der Waals surface area (Å²) in [6.07, 6.45) is 0. The number of carbonyl (C=O) groups excluding carboxylic acids is 1. The number of benzene rings is 4. The van der Waals surface area contributed by atoms with Gasteiger partial charge in [-0.05, 0) is 128 Å². The summed E-state index contributed by atoms with van der Waals surface area (Å²) < 4.78 is 34.8. The van der Waals surface area contributed by atoms with E-state index in [0.717, 1.165) is 25.4 Å². The van der Waals surface area contributed by atoms with Crippen LogP contribution in [-0.2, 0) is 20.7 Å². The molecule has 1 heterocycles. The van der Waals surface area contributed by atoms with Gasteiger partial charge in [-0.25, -0.2) is 13.2 Å². The van der Waals surface area contributed by atoms with Crippen LogP contribution in [0.2, 0.25) is 0 Å². The number of sulfone groups is 1. The molecule has 1 aliphatic heterocycles. The molecule has 0 spiro atoms. The molecule has 0 radical (unpaired) electrons. The smallest absolute Gasteiger partial charge is 0.345 e. The molecule has 9 heteroatoms. The van der Waals surface area contributed by atoms with Gasteiger partial charge in [0.2, 0.25) is 9.84 Å². The zero-order valence-electron chi connectivity index (χ0n) is 17.2. The van der Waals surface area contributed by atoms with E-state index in [1.165, 1.54) is 0 Å². The van der Waals surface area contributed by atoms with Crippen molar-refractivity contribution < 1.29 is 17.9 Å². The SMILES string of the molecule is O=C(Oc1ccc([S+]2c3ccccc3S(=O)(=O)c3ccccc32)cc1)c1c(I)ccc(I)c1I. The predicted molar refractivity (Wildman–Crippen MR) is 156 cm³/mol. The quantitative estimate of drug-likeness (QED) is 0.0650. The maximum atomic E-state index is 13.2. The van der Waals surface area contributed by atoms with Gasteiger partial charge in [0.05, 0.1) is 5.56 Å². The molecule has 0 saturated carbocycles. The standard InChI is InChI=1S/C25H14I3O4S2/c26-17-13-14-18(27)24(28)23(17)25(29)32-15-9-11-16(12-10-15)33-19-5-1-3-7-21(19)34(30,31)22-8-4-2-6-20(22)33/h1-14H/q+1. The minimum atomic E-state index is -3.57. The molecular weight excluding hydrogens is 809 g/mol. The topological polar surface area (TPSA) is 60.4 Å². The average molecular weight is 823 g/mol. The second-order valence-electron chi connectivity index (χ2n) is 7.28. The van der Waals surface area contributed by atoms with Crippen LogP contribution in [0.3, 0.4) is 0 Å². The number of rotatable bonds is 3. The highest BCUT2D eigenvalue weighted by Gasteiger charge is 2.44. The second-order valence-corrected chi connectivity index (χ2v) is 14.5. The average Bonchev–Trinajstić information content (AvgIpc) is 2.83. The number of halogens is 3. The zero-order valence-corrected chi connectivity index (χ0v) is 25.3. The Balaban J connectivity index is 1.52. The number of fused-ring (bicyclic) bond motifs is 2. The van der Waals surface area contributed by atoms with Crippen LogP contribution in [0.15, 0.2) is 109 Å². The first-order valence-corrected chi connectivity index (χ1v) is 15.9. The highest BCUT2D eigenvalue weighted by Crippen LogP contribution is 2.44. The molecule has 0 aliphatic carbocycles. The lowest BCUT2D eigenvalue weighted by Gasteiger charge is -2.19. The summed E-state index contributed by atoms with van der Waals surface area (Å²) >= 11 is 6.51. The minimum absolute atomic E-state index is 0.343. The maximum absolute atomic E-state index is 13.2. The van der Waals surface area contributed by atoms with Crippen molar-refractivity contribution in [3.63, 3.8) is 0 Å². The van der Waals surface area contributed by atoms with Gasteiger partial charge < -0.3 is 4.74 Å². The van der Waals surface area contributed by atoms with Gasteiger partial charge in [-0.2, -0.15) is 0 Å². The van der Waals surface area contributed by atoms with Crippen LogP contribution >= 0.6 is 67.8 Å². The van der Waals surface area contributed by atoms with Gasteiger partial charge in [-0.3, -0.25) is 0 Å². The summed E-state index contributed by atoms with van der Waals surface area (Å²) in [7, 11) is -4.17. The molecule has 4 aromatic rings. The number of ether oxygens (including phenoxy) is 1. The Hall–Kier alpha value is -1.16. The van der Waals surface area contributed by atoms with Gasteiger partial charge in [-0.1, -0.05) is 24.3 Å². The third-order valence-electron chi connectivity index (χ3n) is 5.24. The fourth-order valence-electron chi connectivity index (χ4n) is 3.69. The number of hydrogen-bond acceptors (Lipinski definition) is 4. The van der Waals surface area contributed by atoms with Gasteiger partial charge in [0.25, 0.3) is 0 Å². The summed E-state index contributed by atoms with van der Waals surface area (Å²) in [5.41, 5.74) is 0.555. The summed E-state index contributed by atoms with van der Waals surface area (Å²) in [5, 5.41) is 0. The lowest BCUT2D eigenvalue weighted by Crippen LogP contribution is -2.20. The molecule has 1 aliphatic rings. The van der Waals surface area contributed by atoms with E-state index in [0.29, 0.717) is 21.1 Å². The van der Waals surface area contributed by atoms with Gasteiger partial charge in [0.1, 0.15) is 26.4 Å². The molecule has 0 fully saturated rings. The van der Waals surface area contributed by atoms with Crippen LogP contribution in [0.5, 0.6) is 5.75 Å². The Kier molecular flexibility index (Phi) is 7.01. The lowest BCUT2D eigenvalue weighted by molar-refractivity contribution is 0.0732. The molecular formula is C25H14I3O4S2+. The Bertz CT molecular complexity index is 1500. The Morgan fingerprint density at radius 2 is 1.24 bits per heavy atom.